The van der Waals surface area contributed by atoms with Crippen molar-refractivity contribution < 1.29 is 23.9 Å². The number of benzene rings is 1. The van der Waals surface area contributed by atoms with E-state index in [9.17, 15) is 5.11 Å². The van der Waals surface area contributed by atoms with Crippen LogP contribution in [0.15, 0.2) is 32.4 Å². The number of aromatic hydroxyl groups is 1. The van der Waals surface area contributed by atoms with E-state index in [4.69, 9.17) is 18.8 Å². The number of nitrogens with zero attached hydrogens (tertiary/aromatic N) is 1. The second-order valence-corrected chi connectivity index (χ2v) is 4.09. The molecule has 19 heavy (non-hydrogen) atoms. The van der Waals surface area contributed by atoms with Crippen molar-refractivity contribution in [2.45, 2.75) is 6.92 Å². The molecule has 0 saturated carbocycles. The number of hydrogen-bond donors (Lipinski definition) is 2. The molecule has 0 aliphatic carbocycles. The SMILES string of the molecule is COc1c2occc2c(O)c2c(=NO)cc(C)oc12. The molecule has 6 nitrogen and oxygen atoms in total. The summed E-state index contributed by atoms with van der Waals surface area (Å²) < 4.78 is 16.2. The topological polar surface area (TPSA) is 88.3 Å². The minimum Gasteiger partial charge on any atom is -0.506 e. The highest BCUT2D eigenvalue weighted by Gasteiger charge is 2.20. The molecule has 2 aromatic heterocycles. The molecule has 0 radical (unpaired) electrons. The van der Waals surface area contributed by atoms with Gasteiger partial charge in [-0.1, -0.05) is 5.16 Å². The van der Waals surface area contributed by atoms with E-state index in [1.54, 1.807) is 13.0 Å². The minimum atomic E-state index is -0.0731. The highest BCUT2D eigenvalue weighted by molar-refractivity contribution is 6.06. The van der Waals surface area contributed by atoms with Crippen LogP contribution in [0.2, 0.25) is 0 Å². The van der Waals surface area contributed by atoms with Crippen molar-refractivity contribution in [2.24, 2.45) is 5.16 Å². The maximum atomic E-state index is 10.3. The van der Waals surface area contributed by atoms with Crippen molar-refractivity contribution in [1.29, 1.82) is 0 Å². The largest absolute Gasteiger partial charge is 0.506 e. The first-order chi connectivity index (χ1) is 9.17. The quantitative estimate of drug-likeness (QED) is 0.519. The fraction of sp³-hybridized carbons (Fsp3) is 0.154. The second kappa shape index (κ2) is 3.94. The number of methoxy groups -OCH3 is 1. The lowest BCUT2D eigenvalue weighted by Gasteiger charge is -2.08. The number of phenolic OH excluding ortho intramolecular Hbond substituents is 1. The third kappa shape index (κ3) is 1.46. The zero-order chi connectivity index (χ0) is 13.6. The molecule has 0 saturated heterocycles. The van der Waals surface area contributed by atoms with E-state index in [2.05, 4.69) is 5.16 Å². The van der Waals surface area contributed by atoms with Gasteiger partial charge in [-0.3, -0.25) is 0 Å². The number of furan rings is 1. The van der Waals surface area contributed by atoms with E-state index >= 15 is 0 Å². The van der Waals surface area contributed by atoms with Crippen LogP contribution in [0, 0.1) is 6.92 Å². The Hall–Kier alpha value is -2.63. The minimum absolute atomic E-state index is 0.0731. The maximum Gasteiger partial charge on any atom is 0.206 e. The molecule has 2 heterocycles. The van der Waals surface area contributed by atoms with Crippen LogP contribution in [0.25, 0.3) is 21.9 Å². The van der Waals surface area contributed by atoms with Gasteiger partial charge in [0, 0.05) is 6.07 Å². The zero-order valence-corrected chi connectivity index (χ0v) is 10.3. The molecular weight excluding hydrogens is 250 g/mol. The van der Waals surface area contributed by atoms with Gasteiger partial charge in [0.25, 0.3) is 0 Å². The monoisotopic (exact) mass is 261 g/mol. The zero-order valence-electron chi connectivity index (χ0n) is 10.3. The molecule has 0 aliphatic heterocycles. The summed E-state index contributed by atoms with van der Waals surface area (Å²) in [7, 11) is 1.47. The lowest BCUT2D eigenvalue weighted by Crippen LogP contribution is -2.04. The average molecular weight is 261 g/mol. The molecule has 1 aromatic carbocycles. The van der Waals surface area contributed by atoms with Crippen LogP contribution >= 0.6 is 0 Å². The summed E-state index contributed by atoms with van der Waals surface area (Å²) in [6.45, 7) is 1.71. The van der Waals surface area contributed by atoms with Crippen molar-refractivity contribution in [3.05, 3.63) is 29.5 Å². The van der Waals surface area contributed by atoms with Gasteiger partial charge in [-0.25, -0.2) is 0 Å². The van der Waals surface area contributed by atoms with E-state index in [1.165, 1.54) is 19.4 Å². The number of aryl methyl sites for hydroxylation is 1. The summed E-state index contributed by atoms with van der Waals surface area (Å²) in [5.41, 5.74) is 0.654. The number of rotatable bonds is 1. The highest BCUT2D eigenvalue weighted by atomic mass is 16.5. The Bertz CT molecular complexity index is 843. The fourth-order valence-corrected chi connectivity index (χ4v) is 2.18. The molecule has 98 valence electrons. The van der Waals surface area contributed by atoms with Gasteiger partial charge < -0.3 is 23.9 Å². The average Bonchev–Trinajstić information content (AvgIpc) is 2.87. The Morgan fingerprint density at radius 1 is 1.32 bits per heavy atom. The van der Waals surface area contributed by atoms with E-state index in [1.807, 2.05) is 0 Å². The maximum absolute atomic E-state index is 10.3. The first-order valence-electron chi connectivity index (χ1n) is 5.56. The molecule has 0 aliphatic rings. The Morgan fingerprint density at radius 3 is 2.79 bits per heavy atom. The molecule has 0 amide bonds. The van der Waals surface area contributed by atoms with Crippen molar-refractivity contribution >= 4 is 21.9 Å². The van der Waals surface area contributed by atoms with Crippen LogP contribution in [0.1, 0.15) is 5.76 Å². The van der Waals surface area contributed by atoms with Gasteiger partial charge in [-0.15, -0.1) is 0 Å². The highest BCUT2D eigenvalue weighted by Crippen LogP contribution is 2.41. The first-order valence-corrected chi connectivity index (χ1v) is 5.56. The third-order valence-electron chi connectivity index (χ3n) is 2.97. The molecule has 3 aromatic rings. The van der Waals surface area contributed by atoms with Crippen molar-refractivity contribution in [3.8, 4) is 11.5 Å². The predicted octanol–water partition coefficient (Wildman–Crippen LogP) is 2.49. The third-order valence-corrected chi connectivity index (χ3v) is 2.97. The lowest BCUT2D eigenvalue weighted by molar-refractivity contribution is 0.302. The van der Waals surface area contributed by atoms with Gasteiger partial charge in [0.05, 0.1) is 24.1 Å². The van der Waals surface area contributed by atoms with E-state index in [-0.39, 0.29) is 22.1 Å². The Kier molecular flexibility index (Phi) is 2.38. The normalized spacial score (nSPS) is 12.4. The number of ether oxygens (including phenoxy) is 1. The van der Waals surface area contributed by atoms with Gasteiger partial charge in [0.1, 0.15) is 16.9 Å². The van der Waals surface area contributed by atoms with Crippen LogP contribution in [0.3, 0.4) is 0 Å². The molecule has 0 bridgehead atoms. The summed E-state index contributed by atoms with van der Waals surface area (Å²) in [4.78, 5) is 0. The van der Waals surface area contributed by atoms with Gasteiger partial charge in [-0.05, 0) is 13.0 Å². The molecule has 0 spiro atoms. The van der Waals surface area contributed by atoms with Gasteiger partial charge in [-0.2, -0.15) is 0 Å². The lowest BCUT2D eigenvalue weighted by atomic mass is 10.1. The molecular formula is C13H11NO5. The number of hydrogen-bond acceptors (Lipinski definition) is 6. The van der Waals surface area contributed by atoms with Crippen LogP contribution in [0.4, 0.5) is 0 Å². The van der Waals surface area contributed by atoms with Crippen molar-refractivity contribution in [1.82, 2.24) is 0 Å². The summed E-state index contributed by atoms with van der Waals surface area (Å²) in [6.07, 6.45) is 1.44. The van der Waals surface area contributed by atoms with Gasteiger partial charge in [0.15, 0.2) is 11.2 Å². The Morgan fingerprint density at radius 2 is 2.11 bits per heavy atom. The molecule has 0 atom stereocenters. The van der Waals surface area contributed by atoms with Gasteiger partial charge in [0.2, 0.25) is 5.75 Å². The number of fused-ring (bicyclic) bond motifs is 2. The van der Waals surface area contributed by atoms with Crippen LogP contribution in [-0.4, -0.2) is 17.4 Å². The molecule has 0 fully saturated rings. The first kappa shape index (κ1) is 11.5. The second-order valence-electron chi connectivity index (χ2n) is 4.09. The Balaban J connectivity index is 2.71. The van der Waals surface area contributed by atoms with E-state index < -0.39 is 0 Å². The van der Waals surface area contributed by atoms with E-state index in [0.717, 1.165) is 0 Å². The fourth-order valence-electron chi connectivity index (χ4n) is 2.18. The molecule has 2 N–H and O–H groups in total. The summed E-state index contributed by atoms with van der Waals surface area (Å²) in [6, 6.07) is 3.13. The summed E-state index contributed by atoms with van der Waals surface area (Å²) in [5, 5.41) is 23.5. The van der Waals surface area contributed by atoms with Crippen molar-refractivity contribution in [2.75, 3.05) is 7.11 Å². The predicted molar refractivity (Wildman–Crippen MR) is 66.3 cm³/mol. The van der Waals surface area contributed by atoms with Crippen molar-refractivity contribution in [3.63, 3.8) is 0 Å². The van der Waals surface area contributed by atoms with Crippen LogP contribution < -0.4 is 10.1 Å². The standard InChI is InChI=1S/C13H11NO5/c1-6-5-8(14-16)9-10(15)7-3-4-18-11(7)13(17-2)12(9)19-6/h3-5,15-16H,1-2H3. The molecule has 0 unspecified atom stereocenters. The van der Waals surface area contributed by atoms with Crippen LogP contribution in [-0.2, 0) is 0 Å². The summed E-state index contributed by atoms with van der Waals surface area (Å²) in [5.74, 6) is 0.793. The number of phenols is 1. The molecule has 6 heteroatoms. The van der Waals surface area contributed by atoms with Crippen LogP contribution in [0.5, 0.6) is 11.5 Å². The smallest absolute Gasteiger partial charge is 0.206 e. The van der Waals surface area contributed by atoms with Gasteiger partial charge >= 0.3 is 0 Å². The molecule has 3 rings (SSSR count). The van der Waals surface area contributed by atoms with E-state index in [0.29, 0.717) is 22.5 Å². The Labute approximate surface area is 107 Å². The summed E-state index contributed by atoms with van der Waals surface area (Å²) >= 11 is 0.